The molecule has 0 amide bonds. The van der Waals surface area contributed by atoms with Crippen molar-refractivity contribution in [2.24, 2.45) is 5.92 Å². The summed E-state index contributed by atoms with van der Waals surface area (Å²) in [5.41, 5.74) is 0.978. The van der Waals surface area contributed by atoms with Crippen LogP contribution in [0.15, 0.2) is 48.5 Å². The van der Waals surface area contributed by atoms with Crippen LogP contribution in [-0.4, -0.2) is 49.8 Å². The highest BCUT2D eigenvalue weighted by atomic mass is 35.5. The molecular weight excluding hydrogens is 422 g/mol. The number of para-hydroxylation sites is 1. The molecule has 2 aromatic carbocycles. The number of anilines is 2. The van der Waals surface area contributed by atoms with Crippen LogP contribution in [0.25, 0.3) is 10.9 Å². The van der Waals surface area contributed by atoms with Crippen LogP contribution >= 0.6 is 11.6 Å². The van der Waals surface area contributed by atoms with Gasteiger partial charge >= 0.3 is 0 Å². The predicted molar refractivity (Wildman–Crippen MR) is 133 cm³/mol. The lowest BCUT2D eigenvalue weighted by Gasteiger charge is -2.29. The van der Waals surface area contributed by atoms with Gasteiger partial charge < -0.3 is 20.3 Å². The number of nitrogens with one attached hydrogen (secondary N) is 2. The number of fused-ring (bicyclic) bond motifs is 1. The average molecular weight is 454 g/mol. The molecule has 1 aromatic heterocycles. The molecule has 0 unspecified atom stereocenters. The van der Waals surface area contributed by atoms with Gasteiger partial charge in [-0.3, -0.25) is 0 Å². The van der Waals surface area contributed by atoms with Crippen molar-refractivity contribution in [1.82, 2.24) is 15.3 Å². The highest BCUT2D eigenvalue weighted by Crippen LogP contribution is 2.28. The molecule has 0 radical (unpaired) electrons. The summed E-state index contributed by atoms with van der Waals surface area (Å²) in [5.74, 6) is 3.21. The van der Waals surface area contributed by atoms with Crippen LogP contribution in [0.4, 0.5) is 11.8 Å². The van der Waals surface area contributed by atoms with Crippen LogP contribution in [0, 0.1) is 5.92 Å². The number of hydrogen-bond acceptors (Lipinski definition) is 6. The van der Waals surface area contributed by atoms with E-state index in [0.29, 0.717) is 23.6 Å². The van der Waals surface area contributed by atoms with Gasteiger partial charge in [0.1, 0.15) is 18.2 Å². The summed E-state index contributed by atoms with van der Waals surface area (Å²) >= 11 is 5.99. The highest BCUT2D eigenvalue weighted by molar-refractivity contribution is 6.30. The number of ether oxygens (including phenoxy) is 1. The number of nitrogens with zero attached hydrogens (tertiary/aromatic N) is 3. The fourth-order valence-corrected chi connectivity index (χ4v) is 4.44. The van der Waals surface area contributed by atoms with E-state index in [0.717, 1.165) is 54.3 Å². The zero-order valence-electron chi connectivity index (χ0n) is 18.9. The molecule has 1 aliphatic carbocycles. The lowest BCUT2D eigenvalue weighted by molar-refractivity contribution is 0.289. The van der Waals surface area contributed by atoms with Crippen molar-refractivity contribution < 1.29 is 4.74 Å². The molecular formula is C25H32ClN5O. The van der Waals surface area contributed by atoms with Gasteiger partial charge in [-0.05, 0) is 68.5 Å². The van der Waals surface area contributed by atoms with Gasteiger partial charge in [0, 0.05) is 37.1 Å². The van der Waals surface area contributed by atoms with Crippen molar-refractivity contribution in [3.8, 4) is 5.75 Å². The van der Waals surface area contributed by atoms with Crippen LogP contribution in [0.1, 0.15) is 25.7 Å². The van der Waals surface area contributed by atoms with Gasteiger partial charge in [-0.15, -0.1) is 0 Å². The maximum Gasteiger partial charge on any atom is 0.225 e. The van der Waals surface area contributed by atoms with Crippen molar-refractivity contribution >= 4 is 34.3 Å². The first-order valence-corrected chi connectivity index (χ1v) is 11.8. The molecule has 1 saturated carbocycles. The Morgan fingerprint density at radius 1 is 1.03 bits per heavy atom. The molecule has 0 saturated heterocycles. The fraction of sp³-hybridized carbons (Fsp3) is 0.440. The monoisotopic (exact) mass is 453 g/mol. The SMILES string of the molecule is CN(C)c1nc(NC2CCC(CNCCOc3cccc(Cl)c3)CC2)nc2ccccc12. The van der Waals surface area contributed by atoms with Crippen molar-refractivity contribution in [3.63, 3.8) is 0 Å². The third-order valence-electron chi connectivity index (χ3n) is 5.96. The Morgan fingerprint density at radius 2 is 1.84 bits per heavy atom. The molecule has 1 fully saturated rings. The average Bonchev–Trinajstić information content (AvgIpc) is 2.79. The maximum atomic E-state index is 5.99. The molecule has 3 aromatic rings. The molecule has 1 heterocycles. The van der Waals surface area contributed by atoms with E-state index in [2.05, 4.69) is 16.7 Å². The Labute approximate surface area is 195 Å². The van der Waals surface area contributed by atoms with E-state index in [9.17, 15) is 0 Å². The second-order valence-corrected chi connectivity index (χ2v) is 9.09. The quantitative estimate of drug-likeness (QED) is 0.445. The summed E-state index contributed by atoms with van der Waals surface area (Å²) in [6.45, 7) is 2.51. The smallest absolute Gasteiger partial charge is 0.225 e. The molecule has 4 rings (SSSR count). The summed E-state index contributed by atoms with van der Waals surface area (Å²) in [6, 6.07) is 16.1. The Hall–Kier alpha value is -2.57. The zero-order chi connectivity index (χ0) is 22.3. The first-order chi connectivity index (χ1) is 15.6. The minimum Gasteiger partial charge on any atom is -0.492 e. The first kappa shape index (κ1) is 22.6. The minimum atomic E-state index is 0.425. The molecule has 0 aliphatic heterocycles. The van der Waals surface area contributed by atoms with Crippen molar-refractivity contribution in [3.05, 3.63) is 53.6 Å². The van der Waals surface area contributed by atoms with Crippen LogP contribution in [0.2, 0.25) is 5.02 Å². The highest BCUT2D eigenvalue weighted by Gasteiger charge is 2.22. The first-order valence-electron chi connectivity index (χ1n) is 11.4. The maximum absolute atomic E-state index is 5.99. The summed E-state index contributed by atoms with van der Waals surface area (Å²) < 4.78 is 5.74. The van der Waals surface area contributed by atoms with Crippen molar-refractivity contribution in [2.75, 3.05) is 44.0 Å². The van der Waals surface area contributed by atoms with Crippen LogP contribution in [-0.2, 0) is 0 Å². The summed E-state index contributed by atoms with van der Waals surface area (Å²) in [5, 5.41) is 8.91. The Morgan fingerprint density at radius 3 is 2.62 bits per heavy atom. The van der Waals surface area contributed by atoms with Gasteiger partial charge in [0.15, 0.2) is 0 Å². The van der Waals surface area contributed by atoms with Crippen LogP contribution < -0.4 is 20.3 Å². The molecule has 6 nitrogen and oxygen atoms in total. The van der Waals surface area contributed by atoms with E-state index < -0.39 is 0 Å². The molecule has 1 aliphatic rings. The summed E-state index contributed by atoms with van der Waals surface area (Å²) in [4.78, 5) is 11.6. The molecule has 32 heavy (non-hydrogen) atoms. The molecule has 7 heteroatoms. The number of benzene rings is 2. The third kappa shape index (κ3) is 6.02. The van der Waals surface area contributed by atoms with Gasteiger partial charge in [-0.25, -0.2) is 4.98 Å². The van der Waals surface area contributed by atoms with Gasteiger partial charge in [-0.2, -0.15) is 4.98 Å². The Kier molecular flexibility index (Phi) is 7.66. The molecule has 2 N–H and O–H groups in total. The normalized spacial score (nSPS) is 18.5. The van der Waals surface area contributed by atoms with Crippen LogP contribution in [0.3, 0.4) is 0 Å². The lowest BCUT2D eigenvalue weighted by atomic mass is 9.86. The van der Waals surface area contributed by atoms with Crippen molar-refractivity contribution in [1.29, 1.82) is 0 Å². The minimum absolute atomic E-state index is 0.425. The lowest BCUT2D eigenvalue weighted by Crippen LogP contribution is -2.33. The summed E-state index contributed by atoms with van der Waals surface area (Å²) in [6.07, 6.45) is 4.68. The van der Waals surface area contributed by atoms with Gasteiger partial charge in [-0.1, -0.05) is 29.8 Å². The standard InChI is InChI=1S/C25H32ClN5O/c1-31(2)24-22-8-3-4-9-23(22)29-25(30-24)28-20-12-10-18(11-13-20)17-27-14-15-32-21-7-5-6-19(26)16-21/h3-9,16,18,20,27H,10-15,17H2,1-2H3,(H,28,29,30). The number of halogens is 1. The molecule has 0 spiro atoms. The zero-order valence-corrected chi connectivity index (χ0v) is 19.6. The van der Waals surface area contributed by atoms with E-state index in [1.165, 1.54) is 12.8 Å². The summed E-state index contributed by atoms with van der Waals surface area (Å²) in [7, 11) is 4.05. The number of hydrogen-bond donors (Lipinski definition) is 2. The second-order valence-electron chi connectivity index (χ2n) is 8.65. The van der Waals surface area contributed by atoms with E-state index in [4.69, 9.17) is 26.3 Å². The van der Waals surface area contributed by atoms with E-state index in [1.807, 2.05) is 61.5 Å². The van der Waals surface area contributed by atoms with E-state index >= 15 is 0 Å². The largest absolute Gasteiger partial charge is 0.492 e. The van der Waals surface area contributed by atoms with Gasteiger partial charge in [0.25, 0.3) is 0 Å². The number of aromatic nitrogens is 2. The van der Waals surface area contributed by atoms with E-state index in [-0.39, 0.29) is 0 Å². The topological polar surface area (TPSA) is 62.3 Å². The predicted octanol–water partition coefficient (Wildman–Crippen LogP) is 4.99. The van der Waals surface area contributed by atoms with Crippen molar-refractivity contribution in [2.45, 2.75) is 31.7 Å². The van der Waals surface area contributed by atoms with Crippen LogP contribution in [0.5, 0.6) is 5.75 Å². The van der Waals surface area contributed by atoms with Gasteiger partial charge in [0.05, 0.1) is 5.52 Å². The van der Waals surface area contributed by atoms with Gasteiger partial charge in [0.2, 0.25) is 5.95 Å². The third-order valence-corrected chi connectivity index (χ3v) is 6.20. The fourth-order valence-electron chi connectivity index (χ4n) is 4.26. The second kappa shape index (κ2) is 10.8. The Bertz CT molecular complexity index is 1020. The van der Waals surface area contributed by atoms with E-state index in [1.54, 1.807) is 0 Å². The molecule has 0 atom stereocenters. The molecule has 170 valence electrons. The number of rotatable bonds is 9. The molecule has 0 bridgehead atoms. The Balaban J connectivity index is 1.20.